The number of ether oxygens (including phenoxy) is 1. The van der Waals surface area contributed by atoms with Gasteiger partial charge in [-0.2, -0.15) is 0 Å². The van der Waals surface area contributed by atoms with Crippen molar-refractivity contribution in [3.8, 4) is 0 Å². The second-order valence-corrected chi connectivity index (χ2v) is 4.94. The summed E-state index contributed by atoms with van der Waals surface area (Å²) >= 11 is 3.37. The SMILES string of the molecule is COC(=O)c1nc(CC(C)O)n2cc(Br)ccc12. The summed E-state index contributed by atoms with van der Waals surface area (Å²) in [5, 5.41) is 9.46. The Balaban J connectivity index is 2.63. The molecule has 0 bridgehead atoms. The molecular formula is C12H13BrN2O3. The summed E-state index contributed by atoms with van der Waals surface area (Å²) < 4.78 is 7.36. The van der Waals surface area contributed by atoms with Gasteiger partial charge in [-0.1, -0.05) is 0 Å². The monoisotopic (exact) mass is 312 g/mol. The minimum Gasteiger partial charge on any atom is -0.464 e. The second kappa shape index (κ2) is 5.07. The summed E-state index contributed by atoms with van der Waals surface area (Å²) in [5.41, 5.74) is 0.932. The lowest BCUT2D eigenvalue weighted by Gasteiger charge is -2.03. The molecule has 6 heteroatoms. The summed E-state index contributed by atoms with van der Waals surface area (Å²) in [6.07, 6.45) is 1.65. The van der Waals surface area contributed by atoms with Gasteiger partial charge in [-0.3, -0.25) is 0 Å². The Bertz CT molecular complexity index is 592. The van der Waals surface area contributed by atoms with E-state index in [4.69, 9.17) is 4.74 Å². The molecule has 0 spiro atoms. The van der Waals surface area contributed by atoms with Crippen molar-refractivity contribution >= 4 is 27.4 Å². The molecule has 2 aromatic rings. The van der Waals surface area contributed by atoms with Crippen LogP contribution in [-0.4, -0.2) is 33.7 Å². The standard InChI is InChI=1S/C12H13BrN2O3/c1-7(16)5-10-14-11(12(17)18-2)9-4-3-8(13)6-15(9)10/h3-4,6-7,16H,5H2,1-2H3. The molecule has 0 aromatic carbocycles. The third kappa shape index (κ3) is 2.39. The zero-order valence-electron chi connectivity index (χ0n) is 10.1. The molecule has 0 aliphatic carbocycles. The fourth-order valence-corrected chi connectivity index (χ4v) is 2.11. The smallest absolute Gasteiger partial charge is 0.358 e. The van der Waals surface area contributed by atoms with Crippen molar-refractivity contribution in [2.75, 3.05) is 7.11 Å². The van der Waals surface area contributed by atoms with E-state index in [0.717, 1.165) is 4.47 Å². The Morgan fingerprint density at radius 1 is 1.61 bits per heavy atom. The molecule has 0 aliphatic rings. The second-order valence-electron chi connectivity index (χ2n) is 4.02. The normalized spacial score (nSPS) is 12.7. The Labute approximate surface area is 113 Å². The van der Waals surface area contributed by atoms with Gasteiger partial charge in [0.1, 0.15) is 5.82 Å². The first-order chi connectivity index (χ1) is 8.52. The minimum atomic E-state index is -0.528. The quantitative estimate of drug-likeness (QED) is 0.878. The Morgan fingerprint density at radius 3 is 2.94 bits per heavy atom. The topological polar surface area (TPSA) is 63.8 Å². The number of hydrogen-bond acceptors (Lipinski definition) is 4. The average molecular weight is 313 g/mol. The van der Waals surface area contributed by atoms with E-state index in [1.54, 1.807) is 17.4 Å². The van der Waals surface area contributed by atoms with Crippen LogP contribution in [0.3, 0.4) is 0 Å². The van der Waals surface area contributed by atoms with Gasteiger partial charge in [0.2, 0.25) is 0 Å². The molecule has 18 heavy (non-hydrogen) atoms. The van der Waals surface area contributed by atoms with Crippen LogP contribution in [0.4, 0.5) is 0 Å². The maximum Gasteiger partial charge on any atom is 0.358 e. The number of pyridine rings is 1. The summed E-state index contributed by atoms with van der Waals surface area (Å²) in [4.78, 5) is 15.9. The molecule has 5 nitrogen and oxygen atoms in total. The van der Waals surface area contributed by atoms with Gasteiger partial charge in [0, 0.05) is 17.1 Å². The number of carbonyl (C=O) groups excluding carboxylic acids is 1. The molecule has 1 atom stereocenters. The van der Waals surface area contributed by atoms with Crippen LogP contribution in [0.15, 0.2) is 22.8 Å². The number of hydrogen-bond donors (Lipinski definition) is 1. The Morgan fingerprint density at radius 2 is 2.33 bits per heavy atom. The van der Waals surface area contributed by atoms with Crippen LogP contribution < -0.4 is 0 Å². The summed E-state index contributed by atoms with van der Waals surface area (Å²) in [6, 6.07) is 3.62. The number of halogens is 1. The molecule has 0 fully saturated rings. The third-order valence-electron chi connectivity index (χ3n) is 2.53. The lowest BCUT2D eigenvalue weighted by atomic mass is 10.3. The summed E-state index contributed by atoms with van der Waals surface area (Å²) in [6.45, 7) is 1.68. The highest BCUT2D eigenvalue weighted by Crippen LogP contribution is 2.19. The number of aliphatic hydroxyl groups is 1. The number of nitrogens with zero attached hydrogens (tertiary/aromatic N) is 2. The molecule has 0 amide bonds. The zero-order valence-corrected chi connectivity index (χ0v) is 11.6. The molecule has 2 rings (SSSR count). The molecule has 2 heterocycles. The van der Waals surface area contributed by atoms with Crippen molar-refractivity contribution in [3.63, 3.8) is 0 Å². The maximum atomic E-state index is 11.6. The summed E-state index contributed by atoms with van der Waals surface area (Å²) in [7, 11) is 1.32. The fraction of sp³-hybridized carbons (Fsp3) is 0.333. The van der Waals surface area contributed by atoms with Crippen molar-refractivity contribution in [3.05, 3.63) is 34.3 Å². The number of carbonyl (C=O) groups is 1. The molecule has 0 radical (unpaired) electrons. The van der Waals surface area contributed by atoms with Gasteiger partial charge in [-0.05, 0) is 35.0 Å². The fourth-order valence-electron chi connectivity index (χ4n) is 1.78. The molecule has 0 saturated carbocycles. The van der Waals surface area contributed by atoms with Gasteiger partial charge < -0.3 is 14.2 Å². The van der Waals surface area contributed by atoms with Gasteiger partial charge in [0.05, 0.1) is 18.7 Å². The average Bonchev–Trinajstić information content (AvgIpc) is 2.66. The number of esters is 1. The highest BCUT2D eigenvalue weighted by molar-refractivity contribution is 9.10. The Hall–Kier alpha value is -1.40. The van der Waals surface area contributed by atoms with Gasteiger partial charge in [0.25, 0.3) is 0 Å². The molecule has 1 N–H and O–H groups in total. The first-order valence-electron chi connectivity index (χ1n) is 5.45. The molecule has 96 valence electrons. The van der Waals surface area contributed by atoms with E-state index in [1.807, 2.05) is 12.3 Å². The lowest BCUT2D eigenvalue weighted by Crippen LogP contribution is -2.08. The van der Waals surface area contributed by atoms with E-state index in [0.29, 0.717) is 17.8 Å². The highest BCUT2D eigenvalue weighted by atomic mass is 79.9. The first-order valence-corrected chi connectivity index (χ1v) is 6.25. The van der Waals surface area contributed by atoms with Crippen molar-refractivity contribution in [2.45, 2.75) is 19.4 Å². The number of rotatable bonds is 3. The van der Waals surface area contributed by atoms with Crippen molar-refractivity contribution < 1.29 is 14.6 Å². The van der Waals surface area contributed by atoms with E-state index in [-0.39, 0.29) is 5.69 Å². The van der Waals surface area contributed by atoms with Crippen molar-refractivity contribution in [2.24, 2.45) is 0 Å². The first kappa shape index (κ1) is 13.0. The van der Waals surface area contributed by atoms with Crippen LogP contribution in [0.2, 0.25) is 0 Å². The van der Waals surface area contributed by atoms with E-state index in [1.165, 1.54) is 7.11 Å². The zero-order chi connectivity index (χ0) is 13.3. The number of imidazole rings is 1. The predicted octanol–water partition coefficient (Wildman–Crippen LogP) is 1.81. The molecule has 0 aliphatic heterocycles. The number of aromatic nitrogens is 2. The minimum absolute atomic E-state index is 0.264. The van der Waals surface area contributed by atoms with Crippen LogP contribution >= 0.6 is 15.9 Å². The van der Waals surface area contributed by atoms with Crippen molar-refractivity contribution in [1.29, 1.82) is 0 Å². The van der Waals surface area contributed by atoms with Gasteiger partial charge in [0.15, 0.2) is 5.69 Å². The lowest BCUT2D eigenvalue weighted by molar-refractivity contribution is 0.0596. The third-order valence-corrected chi connectivity index (χ3v) is 3.00. The van der Waals surface area contributed by atoms with Crippen LogP contribution in [-0.2, 0) is 11.2 Å². The summed E-state index contributed by atoms with van der Waals surface area (Å²) in [5.74, 6) is 0.147. The predicted molar refractivity (Wildman–Crippen MR) is 69.6 cm³/mol. The number of methoxy groups -OCH3 is 1. The van der Waals surface area contributed by atoms with Gasteiger partial charge in [-0.15, -0.1) is 0 Å². The van der Waals surface area contributed by atoms with E-state index < -0.39 is 12.1 Å². The van der Waals surface area contributed by atoms with E-state index in [9.17, 15) is 9.90 Å². The Kier molecular flexibility index (Phi) is 3.68. The van der Waals surface area contributed by atoms with Crippen LogP contribution in [0, 0.1) is 0 Å². The van der Waals surface area contributed by atoms with Crippen LogP contribution in [0.1, 0.15) is 23.2 Å². The van der Waals surface area contributed by atoms with Gasteiger partial charge in [-0.25, -0.2) is 9.78 Å². The van der Waals surface area contributed by atoms with Gasteiger partial charge >= 0.3 is 5.97 Å². The maximum absolute atomic E-state index is 11.6. The number of fused-ring (bicyclic) bond motifs is 1. The van der Waals surface area contributed by atoms with E-state index >= 15 is 0 Å². The molecular weight excluding hydrogens is 300 g/mol. The number of aliphatic hydroxyl groups excluding tert-OH is 1. The van der Waals surface area contributed by atoms with Crippen molar-refractivity contribution in [1.82, 2.24) is 9.38 Å². The highest BCUT2D eigenvalue weighted by Gasteiger charge is 2.18. The van der Waals surface area contributed by atoms with Crippen LogP contribution in [0.5, 0.6) is 0 Å². The molecule has 1 unspecified atom stereocenters. The molecule has 2 aromatic heterocycles. The molecule has 0 saturated heterocycles. The largest absolute Gasteiger partial charge is 0.464 e. The van der Waals surface area contributed by atoms with E-state index in [2.05, 4.69) is 20.9 Å². The van der Waals surface area contributed by atoms with Crippen LogP contribution in [0.25, 0.3) is 5.52 Å².